The molecule has 4 N–H and O–H groups in total. The molecule has 4 aliphatic rings. The highest BCUT2D eigenvalue weighted by Gasteiger charge is 2.55. The van der Waals surface area contributed by atoms with Crippen LogP contribution in [-0.4, -0.2) is 61.6 Å². The molecule has 0 radical (unpaired) electrons. The number of carbonyl (C=O) groups is 5. The first kappa shape index (κ1) is 33.5. The Hall–Kier alpha value is -5.65. The molecule has 2 aromatic carbocycles. The van der Waals surface area contributed by atoms with Crippen LogP contribution in [0.1, 0.15) is 103 Å². The molecule has 2 unspecified atom stereocenters. The van der Waals surface area contributed by atoms with E-state index in [1.807, 2.05) is 30.3 Å². The van der Waals surface area contributed by atoms with Gasteiger partial charge >= 0.3 is 0 Å². The Morgan fingerprint density at radius 1 is 1.00 bits per heavy atom. The number of piperidine rings is 1. The molecule has 1 spiro atoms. The van der Waals surface area contributed by atoms with E-state index in [0.29, 0.717) is 29.6 Å². The zero-order valence-electron chi connectivity index (χ0n) is 29.2. The van der Waals surface area contributed by atoms with Crippen molar-refractivity contribution in [2.45, 2.75) is 82.8 Å². The number of fused-ring (bicyclic) bond motifs is 2. The van der Waals surface area contributed by atoms with Gasteiger partial charge < -0.3 is 15.7 Å². The third-order valence-corrected chi connectivity index (χ3v) is 11.2. The molecule has 4 heterocycles. The smallest absolute Gasteiger partial charge is 0.264 e. The minimum atomic E-state index is -1.02. The predicted octanol–water partition coefficient (Wildman–Crippen LogP) is 4.91. The number of nitrogens with one attached hydrogen (secondary N) is 3. The lowest BCUT2D eigenvalue weighted by atomic mass is 9.50. The zero-order chi connectivity index (χ0) is 36.5. The van der Waals surface area contributed by atoms with E-state index >= 15 is 0 Å². The van der Waals surface area contributed by atoms with Crippen molar-refractivity contribution in [2.24, 2.45) is 11.3 Å². The minimum absolute atomic E-state index is 0.00553. The molecule has 2 aliphatic heterocycles. The normalized spacial score (nSPS) is 24.6. The summed E-state index contributed by atoms with van der Waals surface area (Å²) < 4.78 is 0. The first-order valence-corrected chi connectivity index (χ1v) is 17.8. The number of carbonyl (C=O) groups excluding carboxylic acids is 5. The lowest BCUT2D eigenvalue weighted by Crippen LogP contribution is -2.56. The van der Waals surface area contributed by atoms with Crippen LogP contribution in [0.3, 0.4) is 0 Å². The summed E-state index contributed by atoms with van der Waals surface area (Å²) in [6.45, 7) is 6.33. The van der Waals surface area contributed by atoms with Crippen LogP contribution in [0.5, 0.6) is 5.75 Å². The van der Waals surface area contributed by atoms with Gasteiger partial charge in [-0.25, -0.2) is 0 Å². The average molecular weight is 701 g/mol. The number of rotatable bonds is 7. The maximum atomic E-state index is 13.9. The summed E-state index contributed by atoms with van der Waals surface area (Å²) in [5.74, 6) is -2.40. The van der Waals surface area contributed by atoms with E-state index in [9.17, 15) is 29.1 Å². The number of aromatic nitrogens is 2. The molecule has 2 aromatic heterocycles. The van der Waals surface area contributed by atoms with Gasteiger partial charge in [0, 0.05) is 53.6 Å². The average Bonchev–Trinajstić information content (AvgIpc) is 3.33. The van der Waals surface area contributed by atoms with Gasteiger partial charge in [-0.3, -0.25) is 44.2 Å². The molecule has 8 rings (SSSR count). The van der Waals surface area contributed by atoms with E-state index < -0.39 is 35.7 Å². The first-order valence-electron chi connectivity index (χ1n) is 17.8. The van der Waals surface area contributed by atoms with Crippen molar-refractivity contribution in [1.82, 2.24) is 25.5 Å². The summed E-state index contributed by atoms with van der Waals surface area (Å²) >= 11 is 0. The fraction of sp³-hybridized carbons (Fsp3) is 0.375. The summed E-state index contributed by atoms with van der Waals surface area (Å²) in [4.78, 5) is 74.6. The quantitative estimate of drug-likeness (QED) is 0.196. The number of nitrogens with zero attached hydrogens (tertiary/aromatic N) is 3. The number of phenols is 1. The Morgan fingerprint density at radius 3 is 2.48 bits per heavy atom. The Balaban J connectivity index is 0.954. The van der Waals surface area contributed by atoms with Gasteiger partial charge in [-0.05, 0) is 84.4 Å². The number of benzene rings is 2. The molecular formula is C40H40N6O6. The molecule has 12 heteroatoms. The zero-order valence-corrected chi connectivity index (χ0v) is 29.2. The number of imide groups is 2. The van der Waals surface area contributed by atoms with E-state index in [1.165, 1.54) is 0 Å². The minimum Gasteiger partial charge on any atom is -0.505 e. The molecule has 2 saturated carbocycles. The second kappa shape index (κ2) is 12.2. The Labute approximate surface area is 300 Å². The Bertz CT molecular complexity index is 2160. The summed E-state index contributed by atoms with van der Waals surface area (Å²) in [5.41, 5.74) is 3.59. The maximum Gasteiger partial charge on any atom is 0.264 e. The van der Waals surface area contributed by atoms with E-state index in [-0.39, 0.29) is 58.4 Å². The topological polar surface area (TPSA) is 171 Å². The van der Waals surface area contributed by atoms with Crippen LogP contribution >= 0.6 is 0 Å². The van der Waals surface area contributed by atoms with Gasteiger partial charge in [0.05, 0.1) is 17.2 Å². The van der Waals surface area contributed by atoms with Crippen LogP contribution in [0, 0.1) is 11.3 Å². The highest BCUT2D eigenvalue weighted by Crippen LogP contribution is 2.59. The van der Waals surface area contributed by atoms with Crippen molar-refractivity contribution in [3.63, 3.8) is 0 Å². The van der Waals surface area contributed by atoms with E-state index in [4.69, 9.17) is 0 Å². The number of phenolic OH excluding ortho intramolecular Hbond substituents is 1. The van der Waals surface area contributed by atoms with E-state index in [2.05, 4.69) is 46.7 Å². The standard InChI is InChI=1S/C40H40N6O6/c1-39(2,3)27-15-26(34(48)33-24(27)9-6-14-42-33)32(21-7-5-13-41-20-21)45-35(49)22-16-40(17-22)18-23(19-40)43-28-10-4-8-25-31(28)38(52)46(37(25)51)29-11-12-30(47)44-36(29)50/h4-10,13-15,20,22-23,29,32,43,48H,11-12,16-19H2,1-3H3,(H,45,49)(H,44,47,50). The molecule has 2 aliphatic carbocycles. The molecule has 0 bridgehead atoms. The number of pyridine rings is 2. The molecule has 266 valence electrons. The molecule has 1 saturated heterocycles. The third kappa shape index (κ3) is 5.57. The van der Waals surface area contributed by atoms with Gasteiger partial charge in [0.1, 0.15) is 17.3 Å². The summed E-state index contributed by atoms with van der Waals surface area (Å²) in [6, 6.07) is 12.9. The van der Waals surface area contributed by atoms with Crippen molar-refractivity contribution in [1.29, 1.82) is 0 Å². The Kier molecular flexibility index (Phi) is 7.89. The summed E-state index contributed by atoms with van der Waals surface area (Å²) in [5, 5.41) is 21.3. The number of hydrogen-bond donors (Lipinski definition) is 4. The molecule has 12 nitrogen and oxygen atoms in total. The van der Waals surface area contributed by atoms with Crippen molar-refractivity contribution in [2.75, 3.05) is 5.32 Å². The predicted molar refractivity (Wildman–Crippen MR) is 191 cm³/mol. The highest BCUT2D eigenvalue weighted by atomic mass is 16.3. The molecular weight excluding hydrogens is 660 g/mol. The first-order chi connectivity index (χ1) is 24.8. The molecule has 4 aromatic rings. The molecule has 52 heavy (non-hydrogen) atoms. The number of aromatic hydroxyl groups is 1. The maximum absolute atomic E-state index is 13.9. The monoisotopic (exact) mass is 700 g/mol. The van der Waals surface area contributed by atoms with Gasteiger partial charge in [0.25, 0.3) is 11.8 Å². The van der Waals surface area contributed by atoms with Crippen LogP contribution in [-0.2, 0) is 19.8 Å². The van der Waals surface area contributed by atoms with Crippen molar-refractivity contribution in [3.8, 4) is 5.75 Å². The fourth-order valence-electron chi connectivity index (χ4n) is 8.68. The van der Waals surface area contributed by atoms with Crippen molar-refractivity contribution >= 4 is 46.1 Å². The summed E-state index contributed by atoms with van der Waals surface area (Å²) in [6.07, 6.45) is 8.22. The lowest BCUT2D eigenvalue weighted by Gasteiger charge is -2.57. The number of anilines is 1. The fourth-order valence-corrected chi connectivity index (χ4v) is 8.68. The van der Waals surface area contributed by atoms with Crippen molar-refractivity contribution < 1.29 is 29.1 Å². The second-order valence-electron chi connectivity index (χ2n) is 15.8. The molecule has 2 atom stereocenters. The highest BCUT2D eigenvalue weighted by molar-refractivity contribution is 6.25. The number of hydrogen-bond acceptors (Lipinski definition) is 9. The largest absolute Gasteiger partial charge is 0.505 e. The summed E-state index contributed by atoms with van der Waals surface area (Å²) in [7, 11) is 0. The van der Waals surface area contributed by atoms with Crippen LogP contribution < -0.4 is 16.0 Å². The number of amides is 5. The van der Waals surface area contributed by atoms with E-state index in [0.717, 1.165) is 34.3 Å². The van der Waals surface area contributed by atoms with E-state index in [1.54, 1.807) is 36.8 Å². The van der Waals surface area contributed by atoms with Gasteiger partial charge in [0.15, 0.2) is 0 Å². The van der Waals surface area contributed by atoms with Crippen LogP contribution in [0.4, 0.5) is 5.69 Å². The SMILES string of the molecule is CC(C)(C)c1cc(C(NC(=O)C2CC3(CC(Nc4cccc5c4C(=O)N(C4CCC(=O)NC4=O)C5=O)C3)C2)c2cccnc2)c(O)c2ncccc12. The van der Waals surface area contributed by atoms with Gasteiger partial charge in [0.2, 0.25) is 17.7 Å². The second-order valence-corrected chi connectivity index (χ2v) is 15.8. The third-order valence-electron chi connectivity index (χ3n) is 11.2. The van der Waals surface area contributed by atoms with Gasteiger partial charge in [-0.15, -0.1) is 0 Å². The van der Waals surface area contributed by atoms with Crippen LogP contribution in [0.2, 0.25) is 0 Å². The molecule has 5 amide bonds. The van der Waals surface area contributed by atoms with Gasteiger partial charge in [-0.2, -0.15) is 0 Å². The Morgan fingerprint density at radius 2 is 1.77 bits per heavy atom. The van der Waals surface area contributed by atoms with Crippen LogP contribution in [0.15, 0.2) is 67.1 Å². The van der Waals surface area contributed by atoms with Crippen LogP contribution in [0.25, 0.3) is 10.9 Å². The van der Waals surface area contributed by atoms with Crippen molar-refractivity contribution in [3.05, 3.63) is 94.9 Å². The molecule has 3 fully saturated rings. The van der Waals surface area contributed by atoms with Gasteiger partial charge in [-0.1, -0.05) is 39.0 Å². The lowest BCUT2D eigenvalue weighted by molar-refractivity contribution is -0.138.